The van der Waals surface area contributed by atoms with E-state index < -0.39 is 5.60 Å². The molecule has 0 atom stereocenters. The average molecular weight is 254 g/mol. The van der Waals surface area contributed by atoms with Crippen molar-refractivity contribution in [1.82, 2.24) is 4.90 Å². The molecule has 0 spiro atoms. The van der Waals surface area contributed by atoms with Gasteiger partial charge in [-0.2, -0.15) is 0 Å². The maximum atomic E-state index is 11.9. The van der Waals surface area contributed by atoms with Gasteiger partial charge < -0.3 is 15.4 Å². The summed E-state index contributed by atoms with van der Waals surface area (Å²) >= 11 is 0. The number of likely N-dealkylation sites (tertiary alicyclic amines) is 1. The van der Waals surface area contributed by atoms with E-state index in [9.17, 15) is 4.79 Å². The molecule has 0 radical (unpaired) electrons. The molecule has 4 heteroatoms. The van der Waals surface area contributed by atoms with Gasteiger partial charge in [0.2, 0.25) is 0 Å². The van der Waals surface area contributed by atoms with Crippen LogP contribution in [0.15, 0.2) is 0 Å². The number of hydrogen-bond acceptors (Lipinski definition) is 3. The number of rotatable bonds is 1. The Balaban J connectivity index is 1.74. The lowest BCUT2D eigenvalue weighted by atomic mass is 9.69. The van der Waals surface area contributed by atoms with Crippen molar-refractivity contribution in [2.24, 2.45) is 17.6 Å². The molecule has 2 fully saturated rings. The Bertz CT molecular complexity index is 297. The van der Waals surface area contributed by atoms with Gasteiger partial charge in [-0.25, -0.2) is 4.79 Å². The summed E-state index contributed by atoms with van der Waals surface area (Å²) in [7, 11) is 0. The summed E-state index contributed by atoms with van der Waals surface area (Å²) in [4.78, 5) is 13.8. The second-order valence-corrected chi connectivity index (χ2v) is 6.80. The monoisotopic (exact) mass is 254 g/mol. The van der Waals surface area contributed by atoms with Crippen LogP contribution >= 0.6 is 0 Å². The van der Waals surface area contributed by atoms with Crippen LogP contribution in [0, 0.1) is 11.8 Å². The van der Waals surface area contributed by atoms with Crippen LogP contribution in [-0.2, 0) is 4.74 Å². The first-order chi connectivity index (χ1) is 8.35. The van der Waals surface area contributed by atoms with E-state index >= 15 is 0 Å². The summed E-state index contributed by atoms with van der Waals surface area (Å²) in [5, 5.41) is 0. The fourth-order valence-electron chi connectivity index (χ4n) is 2.97. The first-order valence-electron chi connectivity index (χ1n) is 7.08. The maximum Gasteiger partial charge on any atom is 0.410 e. The van der Waals surface area contributed by atoms with Gasteiger partial charge in [0.15, 0.2) is 0 Å². The molecule has 0 aromatic rings. The van der Waals surface area contributed by atoms with E-state index in [1.54, 1.807) is 0 Å². The van der Waals surface area contributed by atoms with Gasteiger partial charge in [0.1, 0.15) is 5.60 Å². The zero-order chi connectivity index (χ0) is 13.3. The molecular weight excluding hydrogens is 228 g/mol. The standard InChI is InChI=1S/C14H26N2O2/c1-14(2,3)18-13(17)16-6-4-10(5-7-16)11-8-12(15)9-11/h10-12H,4-9,15H2,1-3H3. The topological polar surface area (TPSA) is 55.6 Å². The minimum Gasteiger partial charge on any atom is -0.444 e. The Hall–Kier alpha value is -0.770. The van der Waals surface area contributed by atoms with E-state index in [-0.39, 0.29) is 6.09 Å². The van der Waals surface area contributed by atoms with Crippen LogP contribution in [0.5, 0.6) is 0 Å². The summed E-state index contributed by atoms with van der Waals surface area (Å²) in [5.74, 6) is 1.57. The van der Waals surface area contributed by atoms with Gasteiger partial charge in [-0.3, -0.25) is 0 Å². The van der Waals surface area contributed by atoms with E-state index in [2.05, 4.69) is 0 Å². The van der Waals surface area contributed by atoms with E-state index in [1.807, 2.05) is 25.7 Å². The molecule has 1 aliphatic carbocycles. The first-order valence-corrected chi connectivity index (χ1v) is 7.08. The van der Waals surface area contributed by atoms with Crippen LogP contribution in [0.2, 0.25) is 0 Å². The van der Waals surface area contributed by atoms with Gasteiger partial charge in [-0.1, -0.05) is 0 Å². The van der Waals surface area contributed by atoms with Crippen LogP contribution in [0.25, 0.3) is 0 Å². The van der Waals surface area contributed by atoms with Crippen molar-refractivity contribution in [3.05, 3.63) is 0 Å². The smallest absolute Gasteiger partial charge is 0.410 e. The van der Waals surface area contributed by atoms with Crippen molar-refractivity contribution < 1.29 is 9.53 Å². The van der Waals surface area contributed by atoms with E-state index in [1.165, 1.54) is 12.8 Å². The van der Waals surface area contributed by atoms with Crippen molar-refractivity contribution in [1.29, 1.82) is 0 Å². The highest BCUT2D eigenvalue weighted by molar-refractivity contribution is 5.68. The Morgan fingerprint density at radius 1 is 1.17 bits per heavy atom. The van der Waals surface area contributed by atoms with Crippen LogP contribution in [0.3, 0.4) is 0 Å². The molecule has 0 unspecified atom stereocenters. The SMILES string of the molecule is CC(C)(C)OC(=O)N1CCC(C2CC(N)C2)CC1. The molecule has 18 heavy (non-hydrogen) atoms. The summed E-state index contributed by atoms with van der Waals surface area (Å²) in [6, 6.07) is 0.430. The Morgan fingerprint density at radius 3 is 2.17 bits per heavy atom. The molecule has 4 nitrogen and oxygen atoms in total. The van der Waals surface area contributed by atoms with Gasteiger partial charge in [0.05, 0.1) is 0 Å². The van der Waals surface area contributed by atoms with E-state index in [4.69, 9.17) is 10.5 Å². The molecule has 1 amide bonds. The van der Waals surface area contributed by atoms with Gasteiger partial charge in [-0.15, -0.1) is 0 Å². The molecule has 2 rings (SSSR count). The highest BCUT2D eigenvalue weighted by atomic mass is 16.6. The molecule has 1 saturated heterocycles. The largest absolute Gasteiger partial charge is 0.444 e. The van der Waals surface area contributed by atoms with Crippen LogP contribution in [0.1, 0.15) is 46.5 Å². The molecule has 0 aromatic heterocycles. The molecule has 2 N–H and O–H groups in total. The lowest BCUT2D eigenvalue weighted by Gasteiger charge is -2.42. The van der Waals surface area contributed by atoms with Crippen LogP contribution < -0.4 is 5.73 Å². The highest BCUT2D eigenvalue weighted by Crippen LogP contribution is 2.38. The molecular formula is C14H26N2O2. The third-order valence-electron chi connectivity index (χ3n) is 4.07. The number of amides is 1. The molecule has 0 bridgehead atoms. The van der Waals surface area contributed by atoms with E-state index in [0.29, 0.717) is 6.04 Å². The second kappa shape index (κ2) is 5.08. The summed E-state index contributed by atoms with van der Waals surface area (Å²) < 4.78 is 5.40. The first kappa shape index (κ1) is 13.7. The lowest BCUT2D eigenvalue weighted by molar-refractivity contribution is 0.0123. The fraction of sp³-hybridized carbons (Fsp3) is 0.929. The molecule has 1 aliphatic heterocycles. The molecule has 1 heterocycles. The van der Waals surface area contributed by atoms with Crippen molar-refractivity contribution in [2.45, 2.75) is 58.1 Å². The highest BCUT2D eigenvalue weighted by Gasteiger charge is 2.36. The Labute approximate surface area is 110 Å². The van der Waals surface area contributed by atoms with Crippen molar-refractivity contribution in [3.8, 4) is 0 Å². The molecule has 0 aromatic carbocycles. The number of carbonyl (C=O) groups excluding carboxylic acids is 1. The van der Waals surface area contributed by atoms with Crippen molar-refractivity contribution in [3.63, 3.8) is 0 Å². The zero-order valence-corrected chi connectivity index (χ0v) is 11.8. The normalized spacial score (nSPS) is 29.9. The minimum absolute atomic E-state index is 0.161. The van der Waals surface area contributed by atoms with Crippen LogP contribution in [0.4, 0.5) is 4.79 Å². The predicted octanol–water partition coefficient (Wildman–Crippen LogP) is 2.37. The lowest BCUT2D eigenvalue weighted by Crippen LogP contribution is -2.46. The fourth-order valence-corrected chi connectivity index (χ4v) is 2.97. The number of hydrogen-bond donors (Lipinski definition) is 1. The summed E-state index contributed by atoms with van der Waals surface area (Å²) in [5.41, 5.74) is 5.44. The number of nitrogens with zero attached hydrogens (tertiary/aromatic N) is 1. The van der Waals surface area contributed by atoms with Gasteiger partial charge in [-0.05, 0) is 58.3 Å². The molecule has 104 valence electrons. The minimum atomic E-state index is -0.394. The van der Waals surface area contributed by atoms with Crippen LogP contribution in [-0.4, -0.2) is 35.7 Å². The third-order valence-corrected chi connectivity index (χ3v) is 4.07. The van der Waals surface area contributed by atoms with Crippen molar-refractivity contribution >= 4 is 6.09 Å². The van der Waals surface area contributed by atoms with E-state index in [0.717, 1.165) is 37.8 Å². The Kier molecular flexibility index (Phi) is 3.85. The second-order valence-electron chi connectivity index (χ2n) is 6.80. The number of carbonyl (C=O) groups is 1. The quantitative estimate of drug-likeness (QED) is 0.781. The zero-order valence-electron chi connectivity index (χ0n) is 11.8. The molecule has 1 saturated carbocycles. The van der Waals surface area contributed by atoms with Gasteiger partial charge in [0, 0.05) is 19.1 Å². The molecule has 2 aliphatic rings. The van der Waals surface area contributed by atoms with Crippen molar-refractivity contribution in [2.75, 3.05) is 13.1 Å². The Morgan fingerprint density at radius 2 is 1.72 bits per heavy atom. The number of nitrogens with two attached hydrogens (primary N) is 1. The maximum absolute atomic E-state index is 11.9. The summed E-state index contributed by atoms with van der Waals surface area (Å²) in [6.07, 6.45) is 4.41. The average Bonchev–Trinajstić information content (AvgIpc) is 2.23. The predicted molar refractivity (Wildman–Crippen MR) is 71.2 cm³/mol. The number of ether oxygens (including phenoxy) is 1. The van der Waals surface area contributed by atoms with Gasteiger partial charge >= 0.3 is 6.09 Å². The number of piperidine rings is 1. The van der Waals surface area contributed by atoms with Gasteiger partial charge in [0.25, 0.3) is 0 Å². The third kappa shape index (κ3) is 3.37. The summed E-state index contributed by atoms with van der Waals surface area (Å²) in [6.45, 7) is 7.41.